The molecule has 2 fully saturated rings. The third-order valence-electron chi connectivity index (χ3n) is 6.04. The molecule has 2 atom stereocenters. The third-order valence-corrected chi connectivity index (χ3v) is 6.42. The second kappa shape index (κ2) is 8.13. The minimum Gasteiger partial charge on any atom is -0.477 e. The lowest BCUT2D eigenvalue weighted by Crippen LogP contribution is -2.61. The number of H-pyrrole nitrogens is 1. The van der Waals surface area contributed by atoms with E-state index in [1.165, 1.54) is 10.9 Å². The smallest absolute Gasteiger partial charge is 0.282 e. The first-order chi connectivity index (χ1) is 15.4. The van der Waals surface area contributed by atoms with Crippen molar-refractivity contribution in [3.8, 4) is 5.88 Å². The highest BCUT2D eigenvalue weighted by Crippen LogP contribution is 2.43. The molecule has 9 nitrogen and oxygen atoms in total. The van der Waals surface area contributed by atoms with Gasteiger partial charge in [-0.15, -0.1) is 0 Å². The number of nitrogens with one attached hydrogen (secondary N) is 2. The SMILES string of the molecule is CCOc1nc(Nc2cnn([C@H]3C[C@H](C)N(C4COC4)CC3(F)F)c2Cl)nc2[nH]ccc12. The van der Waals surface area contributed by atoms with E-state index in [0.29, 0.717) is 37.0 Å². The highest BCUT2D eigenvalue weighted by molar-refractivity contribution is 6.32. The Balaban J connectivity index is 1.39. The van der Waals surface area contributed by atoms with Crippen LogP contribution in [-0.2, 0) is 4.74 Å². The molecule has 0 bridgehead atoms. The summed E-state index contributed by atoms with van der Waals surface area (Å²) in [5, 5.41) is 8.00. The first-order valence-electron chi connectivity index (χ1n) is 10.6. The lowest BCUT2D eigenvalue weighted by molar-refractivity contribution is -0.165. The molecule has 0 saturated carbocycles. The van der Waals surface area contributed by atoms with Crippen molar-refractivity contribution in [2.75, 3.05) is 31.7 Å². The molecule has 3 aromatic rings. The normalized spacial score (nSPS) is 23.9. The van der Waals surface area contributed by atoms with E-state index in [-0.39, 0.29) is 36.2 Å². The largest absolute Gasteiger partial charge is 0.477 e. The molecule has 2 aliphatic heterocycles. The molecular formula is C20H24ClF2N7O2. The number of anilines is 2. The Morgan fingerprint density at radius 3 is 2.91 bits per heavy atom. The molecule has 172 valence electrons. The van der Waals surface area contributed by atoms with Gasteiger partial charge in [0.1, 0.15) is 11.7 Å². The number of hydrogen-bond acceptors (Lipinski definition) is 7. The van der Waals surface area contributed by atoms with Gasteiger partial charge in [-0.2, -0.15) is 15.1 Å². The Morgan fingerprint density at radius 2 is 2.19 bits per heavy atom. The molecular weight excluding hydrogens is 444 g/mol. The maximum Gasteiger partial charge on any atom is 0.282 e. The Hall–Kier alpha value is -2.50. The summed E-state index contributed by atoms with van der Waals surface area (Å²) in [6.07, 6.45) is 3.38. The summed E-state index contributed by atoms with van der Waals surface area (Å²) in [5.41, 5.74) is 0.931. The van der Waals surface area contributed by atoms with Crippen molar-refractivity contribution in [1.82, 2.24) is 29.6 Å². The number of halogens is 3. The molecule has 2 N–H and O–H groups in total. The van der Waals surface area contributed by atoms with Crippen molar-refractivity contribution in [1.29, 1.82) is 0 Å². The fourth-order valence-corrected chi connectivity index (χ4v) is 4.56. The summed E-state index contributed by atoms with van der Waals surface area (Å²) in [6, 6.07) is 0.670. The zero-order valence-electron chi connectivity index (χ0n) is 17.7. The summed E-state index contributed by atoms with van der Waals surface area (Å²) in [4.78, 5) is 13.6. The summed E-state index contributed by atoms with van der Waals surface area (Å²) in [5.74, 6) is -2.35. The van der Waals surface area contributed by atoms with Gasteiger partial charge in [0.15, 0.2) is 5.15 Å². The van der Waals surface area contributed by atoms with Gasteiger partial charge in [-0.1, -0.05) is 11.6 Å². The van der Waals surface area contributed by atoms with Gasteiger partial charge in [0.2, 0.25) is 11.8 Å². The summed E-state index contributed by atoms with van der Waals surface area (Å²) < 4.78 is 42.2. The predicted molar refractivity (Wildman–Crippen MR) is 115 cm³/mol. The van der Waals surface area contributed by atoms with E-state index in [4.69, 9.17) is 21.1 Å². The van der Waals surface area contributed by atoms with Crippen LogP contribution in [0.5, 0.6) is 5.88 Å². The second-order valence-corrected chi connectivity index (χ2v) is 8.53. The van der Waals surface area contributed by atoms with Crippen LogP contribution in [0.3, 0.4) is 0 Å². The summed E-state index contributed by atoms with van der Waals surface area (Å²) >= 11 is 6.49. The third kappa shape index (κ3) is 3.67. The van der Waals surface area contributed by atoms with E-state index >= 15 is 8.78 Å². The van der Waals surface area contributed by atoms with Crippen molar-refractivity contribution >= 4 is 34.3 Å². The number of ether oxygens (including phenoxy) is 2. The Labute approximate surface area is 188 Å². The first kappa shape index (κ1) is 21.4. The minimum absolute atomic E-state index is 0.0433. The predicted octanol–water partition coefficient (Wildman–Crippen LogP) is 3.62. The number of fused-ring (bicyclic) bond motifs is 1. The van der Waals surface area contributed by atoms with Gasteiger partial charge >= 0.3 is 0 Å². The van der Waals surface area contributed by atoms with Crippen LogP contribution in [0.25, 0.3) is 11.0 Å². The average Bonchev–Trinajstić information content (AvgIpc) is 3.31. The molecule has 0 aromatic carbocycles. The molecule has 5 heterocycles. The molecule has 12 heteroatoms. The quantitative estimate of drug-likeness (QED) is 0.572. The second-order valence-electron chi connectivity index (χ2n) is 8.17. The molecule has 0 amide bonds. The highest BCUT2D eigenvalue weighted by atomic mass is 35.5. The van der Waals surface area contributed by atoms with E-state index in [2.05, 4.69) is 25.4 Å². The molecule has 0 spiro atoms. The number of rotatable bonds is 6. The van der Waals surface area contributed by atoms with Gasteiger partial charge in [0.05, 0.1) is 49.7 Å². The van der Waals surface area contributed by atoms with E-state index in [0.717, 1.165) is 5.39 Å². The lowest BCUT2D eigenvalue weighted by Gasteiger charge is -2.48. The fourth-order valence-electron chi connectivity index (χ4n) is 4.30. The molecule has 0 unspecified atom stereocenters. The molecule has 3 aromatic heterocycles. The van der Waals surface area contributed by atoms with E-state index < -0.39 is 12.0 Å². The van der Waals surface area contributed by atoms with Gasteiger partial charge in [0, 0.05) is 12.2 Å². The monoisotopic (exact) mass is 467 g/mol. The average molecular weight is 468 g/mol. The lowest BCUT2D eigenvalue weighted by atomic mass is 9.93. The van der Waals surface area contributed by atoms with E-state index in [9.17, 15) is 0 Å². The number of aromatic amines is 1. The molecule has 32 heavy (non-hydrogen) atoms. The van der Waals surface area contributed by atoms with Crippen LogP contribution < -0.4 is 10.1 Å². The molecule has 5 rings (SSSR count). The van der Waals surface area contributed by atoms with Crippen molar-refractivity contribution in [3.63, 3.8) is 0 Å². The standard InChI is InChI=1S/C20H24ClF2N7O2/c1-3-32-18-13-4-5-24-17(13)27-19(28-18)26-14-7-25-30(16(14)21)15-6-11(2)29(10-20(15,22)23)12-8-31-9-12/h4-5,7,11-12,15H,3,6,8-10H2,1-2H3,(H2,24,26,27,28)/t11-,15-/m0/s1. The van der Waals surface area contributed by atoms with Gasteiger partial charge in [-0.3, -0.25) is 4.90 Å². The molecule has 2 aliphatic rings. The van der Waals surface area contributed by atoms with E-state index in [1.807, 2.05) is 24.8 Å². The number of piperidine rings is 1. The van der Waals surface area contributed by atoms with Gasteiger partial charge in [-0.05, 0) is 26.3 Å². The summed E-state index contributed by atoms with van der Waals surface area (Å²) in [6.45, 7) is 4.89. The van der Waals surface area contributed by atoms with Crippen LogP contribution in [0.1, 0.15) is 26.3 Å². The van der Waals surface area contributed by atoms with Gasteiger partial charge in [-0.25, -0.2) is 13.5 Å². The van der Waals surface area contributed by atoms with Crippen LogP contribution in [0.4, 0.5) is 20.4 Å². The van der Waals surface area contributed by atoms with Crippen molar-refractivity contribution in [3.05, 3.63) is 23.6 Å². The van der Waals surface area contributed by atoms with Crippen molar-refractivity contribution < 1.29 is 18.3 Å². The Kier molecular flexibility index (Phi) is 5.42. The Bertz CT molecular complexity index is 1120. The minimum atomic E-state index is -2.99. The van der Waals surface area contributed by atoms with Crippen LogP contribution in [0.2, 0.25) is 5.15 Å². The number of aromatic nitrogens is 5. The topological polar surface area (TPSA) is 93.1 Å². The maximum atomic E-state index is 15.1. The summed E-state index contributed by atoms with van der Waals surface area (Å²) in [7, 11) is 0. The number of hydrogen-bond donors (Lipinski definition) is 2. The molecule has 2 saturated heterocycles. The first-order valence-corrected chi connectivity index (χ1v) is 10.9. The van der Waals surface area contributed by atoms with Crippen molar-refractivity contribution in [2.24, 2.45) is 0 Å². The van der Waals surface area contributed by atoms with Gasteiger partial charge in [0.25, 0.3) is 5.92 Å². The number of alkyl halides is 2. The number of likely N-dealkylation sites (tertiary alicyclic amines) is 1. The maximum absolute atomic E-state index is 15.1. The van der Waals surface area contributed by atoms with Crippen molar-refractivity contribution in [2.45, 2.75) is 44.3 Å². The molecule has 0 aliphatic carbocycles. The van der Waals surface area contributed by atoms with Crippen LogP contribution in [-0.4, -0.2) is 74.0 Å². The zero-order chi connectivity index (χ0) is 22.5. The molecule has 0 radical (unpaired) electrons. The number of nitrogens with zero attached hydrogens (tertiary/aromatic N) is 5. The van der Waals surface area contributed by atoms with E-state index in [1.54, 1.807) is 6.20 Å². The zero-order valence-corrected chi connectivity index (χ0v) is 18.4. The van der Waals surface area contributed by atoms with Crippen LogP contribution >= 0.6 is 11.6 Å². The van der Waals surface area contributed by atoms with Gasteiger partial charge < -0.3 is 19.8 Å². The highest BCUT2D eigenvalue weighted by Gasteiger charge is 2.51. The van der Waals surface area contributed by atoms with Crippen LogP contribution in [0.15, 0.2) is 18.5 Å². The fraction of sp³-hybridized carbons (Fsp3) is 0.550. The Morgan fingerprint density at radius 1 is 1.38 bits per heavy atom. The van der Waals surface area contributed by atoms with Crippen LogP contribution in [0, 0.1) is 0 Å².